The quantitative estimate of drug-likeness (QED) is 0.727. The number of hydrogen-bond acceptors (Lipinski definition) is 5. The topological polar surface area (TPSA) is 113 Å². The summed E-state index contributed by atoms with van der Waals surface area (Å²) in [6, 6.07) is 5.39. The molecule has 2 N–H and O–H groups in total. The van der Waals surface area contributed by atoms with Gasteiger partial charge in [0.15, 0.2) is 0 Å². The molecule has 1 aromatic carbocycles. The van der Waals surface area contributed by atoms with Crippen molar-refractivity contribution in [3.05, 3.63) is 29.8 Å². The first-order valence-electron chi connectivity index (χ1n) is 8.27. The Morgan fingerprint density at radius 2 is 1.92 bits per heavy atom. The summed E-state index contributed by atoms with van der Waals surface area (Å²) in [5.74, 6) is -1.48. The number of sulfonamides is 1. The Labute approximate surface area is 153 Å². The zero-order valence-corrected chi connectivity index (χ0v) is 15.9. The van der Waals surface area contributed by atoms with Gasteiger partial charge in [0.1, 0.15) is 0 Å². The molecular weight excluding hydrogens is 360 g/mol. The zero-order chi connectivity index (χ0) is 19.5. The number of carbonyl (C=O) groups excluding carboxylic acids is 1. The molecule has 1 unspecified atom stereocenters. The molecule has 8 nitrogen and oxygen atoms in total. The maximum Gasteiger partial charge on any atom is 0.305 e. The molecule has 1 heterocycles. The van der Waals surface area contributed by atoms with E-state index in [2.05, 4.69) is 5.32 Å². The van der Waals surface area contributed by atoms with E-state index in [1.54, 1.807) is 13.8 Å². The fourth-order valence-corrected chi connectivity index (χ4v) is 4.08. The molecule has 0 radical (unpaired) electrons. The van der Waals surface area contributed by atoms with Gasteiger partial charge in [-0.15, -0.1) is 0 Å². The van der Waals surface area contributed by atoms with Crippen molar-refractivity contribution < 1.29 is 27.9 Å². The van der Waals surface area contributed by atoms with Crippen LogP contribution < -0.4 is 5.32 Å². The van der Waals surface area contributed by atoms with Crippen LogP contribution >= 0.6 is 0 Å². The van der Waals surface area contributed by atoms with Gasteiger partial charge >= 0.3 is 5.97 Å². The predicted molar refractivity (Wildman–Crippen MR) is 94.4 cm³/mol. The first kappa shape index (κ1) is 20.3. The largest absolute Gasteiger partial charge is 0.481 e. The summed E-state index contributed by atoms with van der Waals surface area (Å²) in [6.45, 7) is 4.05. The molecule has 9 heteroatoms. The van der Waals surface area contributed by atoms with E-state index in [-0.39, 0.29) is 29.5 Å². The fourth-order valence-electron chi connectivity index (χ4n) is 2.71. The first-order chi connectivity index (χ1) is 12.1. The van der Waals surface area contributed by atoms with Crippen LogP contribution in [-0.4, -0.2) is 61.5 Å². The highest BCUT2D eigenvalue weighted by atomic mass is 32.2. The summed E-state index contributed by atoms with van der Waals surface area (Å²) < 4.78 is 31.4. The number of benzene rings is 1. The third-order valence-corrected chi connectivity index (χ3v) is 6.54. The van der Waals surface area contributed by atoms with Gasteiger partial charge in [-0.3, -0.25) is 9.59 Å². The van der Waals surface area contributed by atoms with E-state index < -0.39 is 27.4 Å². The summed E-state index contributed by atoms with van der Waals surface area (Å²) in [7, 11) is -2.13. The Bertz CT molecular complexity index is 767. The van der Waals surface area contributed by atoms with Gasteiger partial charge in [0.2, 0.25) is 10.0 Å². The number of ether oxygens (including phenoxy) is 1. The van der Waals surface area contributed by atoms with E-state index in [1.165, 1.54) is 35.6 Å². The highest BCUT2D eigenvalue weighted by Gasteiger charge is 2.38. The molecule has 1 aliphatic rings. The molecule has 1 saturated heterocycles. The Morgan fingerprint density at radius 3 is 2.38 bits per heavy atom. The van der Waals surface area contributed by atoms with Gasteiger partial charge in [-0.1, -0.05) is 0 Å². The van der Waals surface area contributed by atoms with Crippen LogP contribution in [0.4, 0.5) is 0 Å². The second-order valence-corrected chi connectivity index (χ2v) is 8.74. The van der Waals surface area contributed by atoms with Crippen molar-refractivity contribution in [1.82, 2.24) is 9.62 Å². The van der Waals surface area contributed by atoms with Gasteiger partial charge in [-0.25, -0.2) is 8.42 Å². The minimum Gasteiger partial charge on any atom is -0.481 e. The van der Waals surface area contributed by atoms with Crippen LogP contribution in [0.2, 0.25) is 0 Å². The number of carbonyl (C=O) groups is 2. The summed E-state index contributed by atoms with van der Waals surface area (Å²) in [5.41, 5.74) is -0.682. The second kappa shape index (κ2) is 7.73. The van der Waals surface area contributed by atoms with Crippen LogP contribution in [-0.2, 0) is 19.6 Å². The van der Waals surface area contributed by atoms with Crippen LogP contribution in [0.5, 0.6) is 0 Å². The number of rotatable bonds is 7. The second-order valence-electron chi connectivity index (χ2n) is 6.75. The fraction of sp³-hybridized carbons (Fsp3) is 0.529. The van der Waals surface area contributed by atoms with Gasteiger partial charge in [0.05, 0.1) is 23.5 Å². The molecule has 1 aromatic rings. The number of hydrogen-bond donors (Lipinski definition) is 2. The van der Waals surface area contributed by atoms with Crippen molar-refractivity contribution in [2.45, 2.75) is 43.2 Å². The van der Waals surface area contributed by atoms with Crippen molar-refractivity contribution in [3.63, 3.8) is 0 Å². The molecule has 26 heavy (non-hydrogen) atoms. The zero-order valence-electron chi connectivity index (χ0n) is 15.1. The van der Waals surface area contributed by atoms with E-state index in [9.17, 15) is 18.0 Å². The maximum atomic E-state index is 12.5. The van der Waals surface area contributed by atoms with E-state index in [1.807, 2.05) is 0 Å². The summed E-state index contributed by atoms with van der Waals surface area (Å²) >= 11 is 0. The number of carboxylic acids is 1. The molecule has 0 spiro atoms. The highest BCUT2D eigenvalue weighted by molar-refractivity contribution is 7.89. The summed E-state index contributed by atoms with van der Waals surface area (Å²) in [4.78, 5) is 23.6. The van der Waals surface area contributed by atoms with Crippen molar-refractivity contribution in [3.8, 4) is 0 Å². The van der Waals surface area contributed by atoms with Crippen molar-refractivity contribution in [2.24, 2.45) is 0 Å². The Balaban J connectivity index is 2.17. The minimum atomic E-state index is -3.63. The third kappa shape index (κ3) is 4.40. The number of carboxylic acid groups (broad SMARTS) is 1. The van der Waals surface area contributed by atoms with E-state index in [4.69, 9.17) is 9.84 Å². The molecule has 0 saturated carbocycles. The third-order valence-electron chi connectivity index (χ3n) is 4.49. The normalized spacial score (nSPS) is 20.5. The molecule has 0 aliphatic carbocycles. The molecule has 0 aromatic heterocycles. The molecule has 1 aliphatic heterocycles. The van der Waals surface area contributed by atoms with Gasteiger partial charge < -0.3 is 15.2 Å². The minimum absolute atomic E-state index is 0.0923. The Morgan fingerprint density at radius 1 is 1.31 bits per heavy atom. The average molecular weight is 384 g/mol. The molecule has 144 valence electrons. The lowest BCUT2D eigenvalue weighted by Gasteiger charge is -2.27. The lowest BCUT2D eigenvalue weighted by Crippen LogP contribution is -2.50. The smallest absolute Gasteiger partial charge is 0.305 e. The Hall–Kier alpha value is -1.97. The van der Waals surface area contributed by atoms with Crippen LogP contribution in [0.25, 0.3) is 0 Å². The number of nitrogens with one attached hydrogen (secondary N) is 1. The number of nitrogens with zero attached hydrogens (tertiary/aromatic N) is 1. The van der Waals surface area contributed by atoms with Gasteiger partial charge in [0, 0.05) is 25.3 Å². The lowest BCUT2D eigenvalue weighted by molar-refractivity contribution is -0.138. The maximum absolute atomic E-state index is 12.5. The number of aliphatic carboxylic acids is 1. The Kier molecular flexibility index (Phi) is 6.05. The SMILES string of the molecule is CC(C)N(C)S(=O)(=O)c1ccc(C(=O)NC2(CC(=O)O)CCOC2)cc1. The van der Waals surface area contributed by atoms with Crippen molar-refractivity contribution in [2.75, 3.05) is 20.3 Å². The molecular formula is C17H24N2O6S. The van der Waals surface area contributed by atoms with E-state index >= 15 is 0 Å². The number of amides is 1. The van der Waals surface area contributed by atoms with Gasteiger partial charge in [-0.2, -0.15) is 4.31 Å². The first-order valence-corrected chi connectivity index (χ1v) is 9.71. The van der Waals surface area contributed by atoms with Crippen molar-refractivity contribution >= 4 is 21.9 Å². The standard InChI is InChI=1S/C17H24N2O6S/c1-12(2)19(3)26(23,24)14-6-4-13(5-7-14)16(22)18-17(10-15(20)21)8-9-25-11-17/h4-7,12H,8-11H2,1-3H3,(H,18,22)(H,20,21). The molecule has 1 atom stereocenters. The van der Waals surface area contributed by atoms with Crippen LogP contribution in [0.1, 0.15) is 37.0 Å². The summed E-state index contributed by atoms with van der Waals surface area (Å²) in [6.07, 6.45) is 0.182. The predicted octanol–water partition coefficient (Wildman–Crippen LogP) is 1.08. The lowest BCUT2D eigenvalue weighted by atomic mass is 9.94. The van der Waals surface area contributed by atoms with Gasteiger partial charge in [-0.05, 0) is 44.5 Å². The van der Waals surface area contributed by atoms with Crippen LogP contribution in [0.15, 0.2) is 29.2 Å². The molecule has 1 fully saturated rings. The van der Waals surface area contributed by atoms with Crippen molar-refractivity contribution in [1.29, 1.82) is 0 Å². The summed E-state index contributed by atoms with van der Waals surface area (Å²) in [5, 5.41) is 11.8. The molecule has 2 rings (SSSR count). The van der Waals surface area contributed by atoms with E-state index in [0.29, 0.717) is 13.0 Å². The van der Waals surface area contributed by atoms with E-state index in [0.717, 1.165) is 0 Å². The van der Waals surface area contributed by atoms with Crippen LogP contribution in [0, 0.1) is 0 Å². The highest BCUT2D eigenvalue weighted by Crippen LogP contribution is 2.24. The monoisotopic (exact) mass is 384 g/mol. The average Bonchev–Trinajstić information content (AvgIpc) is 3.01. The molecule has 0 bridgehead atoms. The molecule has 1 amide bonds. The van der Waals surface area contributed by atoms with Crippen LogP contribution in [0.3, 0.4) is 0 Å². The van der Waals surface area contributed by atoms with Gasteiger partial charge in [0.25, 0.3) is 5.91 Å².